The molecule has 0 unspecified atom stereocenters. The van der Waals surface area contributed by atoms with Gasteiger partial charge in [-0.3, -0.25) is 0 Å². The summed E-state index contributed by atoms with van der Waals surface area (Å²) in [5.74, 6) is -0.0723. The fourth-order valence-electron chi connectivity index (χ4n) is 0.934. The van der Waals surface area contributed by atoms with E-state index in [2.05, 4.69) is 4.74 Å². The van der Waals surface area contributed by atoms with E-state index in [1.807, 2.05) is 0 Å². The third-order valence-electron chi connectivity index (χ3n) is 1.53. The molecule has 0 saturated carbocycles. The second-order valence-corrected chi connectivity index (χ2v) is 3.65. The zero-order valence-corrected chi connectivity index (χ0v) is 9.24. The molecule has 0 N–H and O–H groups in total. The van der Waals surface area contributed by atoms with Gasteiger partial charge in [0.1, 0.15) is 0 Å². The Morgan fingerprint density at radius 1 is 1.53 bits per heavy atom. The summed E-state index contributed by atoms with van der Waals surface area (Å²) in [7, 11) is 1.20. The third kappa shape index (κ3) is 3.60. The van der Waals surface area contributed by atoms with Crippen molar-refractivity contribution >= 4 is 23.9 Å². The highest BCUT2D eigenvalue weighted by molar-refractivity contribution is 8.00. The first kappa shape index (κ1) is 12.1. The molecule has 1 fully saturated rings. The molecule has 1 saturated heterocycles. The van der Waals surface area contributed by atoms with E-state index in [9.17, 15) is 9.59 Å². The summed E-state index contributed by atoms with van der Waals surface area (Å²) in [5.41, 5.74) is -0.723. The SMILES string of the molecule is CCOC(=O)[C@H]1O[C@H](OC(=O)OC)CS1. The average molecular weight is 236 g/mol. The summed E-state index contributed by atoms with van der Waals surface area (Å²) in [6.45, 7) is 2.00. The van der Waals surface area contributed by atoms with Gasteiger partial charge >= 0.3 is 12.1 Å². The number of thioether (sulfide) groups is 1. The summed E-state index contributed by atoms with van der Waals surface area (Å²) in [6.07, 6.45) is -1.58. The maximum absolute atomic E-state index is 11.2. The first-order chi connectivity index (χ1) is 7.17. The van der Waals surface area contributed by atoms with Gasteiger partial charge in [0.05, 0.1) is 19.5 Å². The van der Waals surface area contributed by atoms with E-state index in [4.69, 9.17) is 14.2 Å². The number of carbonyl (C=O) groups is 2. The lowest BCUT2D eigenvalue weighted by atomic mass is 10.7. The van der Waals surface area contributed by atoms with Gasteiger partial charge in [0, 0.05) is 0 Å². The molecule has 15 heavy (non-hydrogen) atoms. The molecule has 0 aromatic carbocycles. The number of ether oxygens (including phenoxy) is 4. The fourth-order valence-corrected chi connectivity index (χ4v) is 1.82. The van der Waals surface area contributed by atoms with Crippen molar-refractivity contribution in [3.05, 3.63) is 0 Å². The van der Waals surface area contributed by atoms with Crippen molar-refractivity contribution in [2.45, 2.75) is 18.6 Å². The van der Waals surface area contributed by atoms with E-state index in [0.717, 1.165) is 0 Å². The van der Waals surface area contributed by atoms with Crippen LogP contribution in [0.1, 0.15) is 6.92 Å². The molecule has 0 aliphatic carbocycles. The van der Waals surface area contributed by atoms with Crippen LogP contribution in [0, 0.1) is 0 Å². The van der Waals surface area contributed by atoms with E-state index in [-0.39, 0.29) is 0 Å². The topological polar surface area (TPSA) is 71.1 Å². The average Bonchev–Trinajstić information content (AvgIpc) is 2.66. The molecule has 1 heterocycles. The highest BCUT2D eigenvalue weighted by Crippen LogP contribution is 2.26. The van der Waals surface area contributed by atoms with Gasteiger partial charge in [-0.2, -0.15) is 0 Å². The van der Waals surface area contributed by atoms with Gasteiger partial charge in [0.25, 0.3) is 0 Å². The Bertz CT molecular complexity index is 243. The van der Waals surface area contributed by atoms with Crippen molar-refractivity contribution in [2.75, 3.05) is 19.5 Å². The van der Waals surface area contributed by atoms with E-state index in [1.54, 1.807) is 6.92 Å². The van der Waals surface area contributed by atoms with Crippen LogP contribution in [0.2, 0.25) is 0 Å². The number of hydrogen-bond acceptors (Lipinski definition) is 7. The zero-order chi connectivity index (χ0) is 11.3. The molecule has 0 aromatic heterocycles. The molecule has 7 heteroatoms. The number of rotatable bonds is 3. The van der Waals surface area contributed by atoms with Crippen molar-refractivity contribution in [1.82, 2.24) is 0 Å². The molecule has 1 aliphatic rings. The first-order valence-electron chi connectivity index (χ1n) is 4.35. The molecule has 0 spiro atoms. The van der Waals surface area contributed by atoms with Crippen LogP contribution in [0.15, 0.2) is 0 Å². The van der Waals surface area contributed by atoms with Gasteiger partial charge in [0.2, 0.25) is 11.7 Å². The molecule has 0 radical (unpaired) electrons. The van der Waals surface area contributed by atoms with Crippen LogP contribution in [0.4, 0.5) is 4.79 Å². The highest BCUT2D eigenvalue weighted by atomic mass is 32.2. The monoisotopic (exact) mass is 236 g/mol. The van der Waals surface area contributed by atoms with Gasteiger partial charge in [-0.05, 0) is 6.92 Å². The summed E-state index contributed by atoms with van der Waals surface area (Å²) in [5, 5.41) is 0. The quantitative estimate of drug-likeness (QED) is 0.669. The fraction of sp³-hybridized carbons (Fsp3) is 0.750. The van der Waals surface area contributed by atoms with Gasteiger partial charge in [0.15, 0.2) is 0 Å². The van der Waals surface area contributed by atoms with Crippen LogP contribution in [0.5, 0.6) is 0 Å². The molecule has 86 valence electrons. The summed E-state index contributed by atoms with van der Waals surface area (Å²) in [4.78, 5) is 21.9. The molecule has 1 rings (SSSR count). The van der Waals surface area contributed by atoms with Crippen molar-refractivity contribution in [2.24, 2.45) is 0 Å². The van der Waals surface area contributed by atoms with Gasteiger partial charge in [-0.25, -0.2) is 9.59 Å². The van der Waals surface area contributed by atoms with Crippen LogP contribution < -0.4 is 0 Å². The van der Waals surface area contributed by atoms with Crippen LogP contribution in [-0.4, -0.2) is 43.3 Å². The number of hydrogen-bond donors (Lipinski definition) is 0. The Kier molecular flexibility index (Phi) is 4.70. The molecular formula is C8H12O6S. The number of esters is 1. The maximum Gasteiger partial charge on any atom is 0.510 e. The second-order valence-electron chi connectivity index (χ2n) is 2.55. The van der Waals surface area contributed by atoms with Gasteiger partial charge < -0.3 is 18.9 Å². The maximum atomic E-state index is 11.2. The second kappa shape index (κ2) is 5.82. The van der Waals surface area contributed by atoms with E-state index in [0.29, 0.717) is 12.4 Å². The summed E-state index contributed by atoms with van der Waals surface area (Å²) >= 11 is 1.22. The Hall–Kier alpha value is -0.950. The molecule has 0 amide bonds. The van der Waals surface area contributed by atoms with E-state index >= 15 is 0 Å². The molecule has 0 aromatic rings. The number of methoxy groups -OCH3 is 1. The van der Waals surface area contributed by atoms with E-state index < -0.39 is 23.9 Å². The summed E-state index contributed by atoms with van der Waals surface area (Å²) < 4.78 is 18.9. The smallest absolute Gasteiger partial charge is 0.463 e. The van der Waals surface area contributed by atoms with Crippen molar-refractivity contribution in [3.63, 3.8) is 0 Å². The van der Waals surface area contributed by atoms with Gasteiger partial charge in [-0.1, -0.05) is 0 Å². The summed E-state index contributed by atoms with van der Waals surface area (Å²) in [6, 6.07) is 0. The van der Waals surface area contributed by atoms with Crippen LogP contribution in [-0.2, 0) is 23.7 Å². The number of carbonyl (C=O) groups excluding carboxylic acids is 2. The Morgan fingerprint density at radius 3 is 2.87 bits per heavy atom. The molecule has 2 atom stereocenters. The Morgan fingerprint density at radius 2 is 2.27 bits per heavy atom. The molecule has 1 aliphatic heterocycles. The Labute approximate surface area is 91.2 Å². The molecule has 0 bridgehead atoms. The van der Waals surface area contributed by atoms with Crippen LogP contribution >= 0.6 is 11.8 Å². The lowest BCUT2D eigenvalue weighted by Crippen LogP contribution is -2.25. The molecular weight excluding hydrogens is 224 g/mol. The van der Waals surface area contributed by atoms with Gasteiger partial charge in [-0.15, -0.1) is 11.8 Å². The standard InChI is InChI=1S/C8H12O6S/c1-3-12-6(9)7-13-5(4-15-7)14-8(10)11-2/h5,7H,3-4H2,1-2H3/t5-,7+/m1/s1. The first-order valence-corrected chi connectivity index (χ1v) is 5.40. The van der Waals surface area contributed by atoms with Crippen molar-refractivity contribution in [1.29, 1.82) is 0 Å². The van der Waals surface area contributed by atoms with Crippen molar-refractivity contribution in [3.8, 4) is 0 Å². The third-order valence-corrected chi connectivity index (χ3v) is 2.60. The predicted molar refractivity (Wildman–Crippen MR) is 51.2 cm³/mol. The van der Waals surface area contributed by atoms with Crippen LogP contribution in [0.25, 0.3) is 0 Å². The lowest BCUT2D eigenvalue weighted by molar-refractivity contribution is -0.162. The minimum Gasteiger partial charge on any atom is -0.463 e. The van der Waals surface area contributed by atoms with E-state index in [1.165, 1.54) is 18.9 Å². The van der Waals surface area contributed by atoms with Crippen LogP contribution in [0.3, 0.4) is 0 Å². The predicted octanol–water partition coefficient (Wildman–Crippen LogP) is 0.748. The highest BCUT2D eigenvalue weighted by Gasteiger charge is 2.34. The zero-order valence-electron chi connectivity index (χ0n) is 8.43. The minimum atomic E-state index is -0.829. The normalized spacial score (nSPS) is 24.7. The lowest BCUT2D eigenvalue weighted by Gasteiger charge is -2.11. The Balaban J connectivity index is 2.32. The largest absolute Gasteiger partial charge is 0.510 e. The minimum absolute atomic E-state index is 0.293. The molecule has 6 nitrogen and oxygen atoms in total. The van der Waals surface area contributed by atoms with Crippen molar-refractivity contribution < 1.29 is 28.5 Å².